The van der Waals surface area contributed by atoms with Crippen molar-refractivity contribution in [1.29, 1.82) is 0 Å². The number of benzene rings is 1. The maximum atomic E-state index is 12.0. The Bertz CT molecular complexity index is 595. The minimum Gasteiger partial charge on any atom is -0.497 e. The van der Waals surface area contributed by atoms with Crippen molar-refractivity contribution >= 4 is 11.8 Å². The smallest absolute Gasteiger partial charge is 0.321 e. The standard InChI is InChI=1S/C16H19N3O2/c1-16(2,12-7-9-13(21-3)10-8-12)19-15(20)18-14-6-4-5-11-17-14/h4-11H,1-3H3,(H2,17,18,19,20). The van der Waals surface area contributed by atoms with Crippen molar-refractivity contribution in [3.8, 4) is 5.75 Å². The van der Waals surface area contributed by atoms with E-state index in [4.69, 9.17) is 4.74 Å². The SMILES string of the molecule is COc1ccc(C(C)(C)NC(=O)Nc2ccccn2)cc1. The van der Waals surface area contributed by atoms with E-state index < -0.39 is 5.54 Å². The molecule has 0 spiro atoms. The minimum atomic E-state index is -0.509. The van der Waals surface area contributed by atoms with Gasteiger partial charge in [-0.3, -0.25) is 5.32 Å². The molecule has 0 radical (unpaired) electrons. The molecular weight excluding hydrogens is 266 g/mol. The number of rotatable bonds is 4. The molecule has 0 saturated carbocycles. The van der Waals surface area contributed by atoms with Crippen LogP contribution in [0, 0.1) is 0 Å². The van der Waals surface area contributed by atoms with Gasteiger partial charge >= 0.3 is 6.03 Å². The summed E-state index contributed by atoms with van der Waals surface area (Å²) in [4.78, 5) is 16.1. The number of carbonyl (C=O) groups is 1. The Morgan fingerprint density at radius 3 is 2.43 bits per heavy atom. The largest absolute Gasteiger partial charge is 0.497 e. The number of hydrogen-bond acceptors (Lipinski definition) is 3. The highest BCUT2D eigenvalue weighted by Crippen LogP contribution is 2.22. The van der Waals surface area contributed by atoms with Crippen molar-refractivity contribution in [2.24, 2.45) is 0 Å². The van der Waals surface area contributed by atoms with E-state index in [0.29, 0.717) is 5.82 Å². The molecule has 0 aliphatic carbocycles. The molecule has 1 aromatic heterocycles. The molecule has 0 fully saturated rings. The number of amides is 2. The van der Waals surface area contributed by atoms with E-state index in [0.717, 1.165) is 11.3 Å². The first kappa shape index (κ1) is 14.8. The van der Waals surface area contributed by atoms with Crippen LogP contribution in [0.5, 0.6) is 5.75 Å². The van der Waals surface area contributed by atoms with Crippen LogP contribution in [0.25, 0.3) is 0 Å². The van der Waals surface area contributed by atoms with E-state index in [1.54, 1.807) is 25.4 Å². The first-order valence-corrected chi connectivity index (χ1v) is 6.66. The Kier molecular flexibility index (Phi) is 4.42. The molecule has 0 saturated heterocycles. The van der Waals surface area contributed by atoms with Crippen LogP contribution in [0.15, 0.2) is 48.7 Å². The van der Waals surface area contributed by atoms with Crippen molar-refractivity contribution in [3.05, 3.63) is 54.2 Å². The van der Waals surface area contributed by atoms with E-state index in [9.17, 15) is 4.79 Å². The van der Waals surface area contributed by atoms with Gasteiger partial charge in [0, 0.05) is 6.20 Å². The molecule has 21 heavy (non-hydrogen) atoms. The van der Waals surface area contributed by atoms with Gasteiger partial charge in [-0.2, -0.15) is 0 Å². The average Bonchev–Trinajstić information content (AvgIpc) is 2.47. The summed E-state index contributed by atoms with van der Waals surface area (Å²) < 4.78 is 5.13. The summed E-state index contributed by atoms with van der Waals surface area (Å²) in [7, 11) is 1.62. The first-order valence-electron chi connectivity index (χ1n) is 6.66. The van der Waals surface area contributed by atoms with E-state index in [1.165, 1.54) is 0 Å². The van der Waals surface area contributed by atoms with Crippen molar-refractivity contribution in [2.75, 3.05) is 12.4 Å². The fraction of sp³-hybridized carbons (Fsp3) is 0.250. The fourth-order valence-corrected chi connectivity index (χ4v) is 1.95. The zero-order valence-corrected chi connectivity index (χ0v) is 12.4. The Labute approximate surface area is 124 Å². The van der Waals surface area contributed by atoms with Gasteiger partial charge < -0.3 is 10.1 Å². The molecule has 110 valence electrons. The summed E-state index contributed by atoms with van der Waals surface area (Å²) in [6, 6.07) is 12.7. The molecule has 2 aromatic rings. The highest BCUT2D eigenvalue weighted by molar-refractivity contribution is 5.88. The monoisotopic (exact) mass is 285 g/mol. The van der Waals surface area contributed by atoms with Crippen LogP contribution < -0.4 is 15.4 Å². The van der Waals surface area contributed by atoms with Gasteiger partial charge in [-0.25, -0.2) is 9.78 Å². The van der Waals surface area contributed by atoms with Crippen molar-refractivity contribution in [2.45, 2.75) is 19.4 Å². The molecule has 5 nitrogen and oxygen atoms in total. The number of ether oxygens (including phenoxy) is 1. The molecular formula is C16H19N3O2. The van der Waals surface area contributed by atoms with Crippen LogP contribution in [-0.2, 0) is 5.54 Å². The predicted octanol–water partition coefficient (Wildman–Crippen LogP) is 3.15. The first-order chi connectivity index (χ1) is 10.0. The van der Waals surface area contributed by atoms with E-state index in [-0.39, 0.29) is 6.03 Å². The average molecular weight is 285 g/mol. The van der Waals surface area contributed by atoms with Gasteiger partial charge in [-0.1, -0.05) is 18.2 Å². The lowest BCUT2D eigenvalue weighted by atomic mass is 9.94. The predicted molar refractivity (Wildman–Crippen MR) is 82.4 cm³/mol. The van der Waals surface area contributed by atoms with Crippen molar-refractivity contribution in [1.82, 2.24) is 10.3 Å². The van der Waals surface area contributed by atoms with Crippen LogP contribution in [0.3, 0.4) is 0 Å². The zero-order valence-electron chi connectivity index (χ0n) is 12.4. The van der Waals surface area contributed by atoms with E-state index >= 15 is 0 Å². The van der Waals surface area contributed by atoms with Crippen LogP contribution >= 0.6 is 0 Å². The summed E-state index contributed by atoms with van der Waals surface area (Å²) in [5.74, 6) is 1.30. The second-order valence-corrected chi connectivity index (χ2v) is 5.15. The molecule has 0 atom stereocenters. The maximum absolute atomic E-state index is 12.0. The van der Waals surface area contributed by atoms with Crippen LogP contribution in [0.4, 0.5) is 10.6 Å². The Balaban J connectivity index is 2.03. The van der Waals surface area contributed by atoms with Gasteiger partial charge in [0.25, 0.3) is 0 Å². The lowest BCUT2D eigenvalue weighted by molar-refractivity contribution is 0.241. The summed E-state index contributed by atoms with van der Waals surface area (Å²) in [5.41, 5.74) is 0.477. The van der Waals surface area contributed by atoms with Crippen molar-refractivity contribution < 1.29 is 9.53 Å². The molecule has 0 bridgehead atoms. The van der Waals surface area contributed by atoms with Crippen molar-refractivity contribution in [3.63, 3.8) is 0 Å². The van der Waals surface area contributed by atoms with Gasteiger partial charge in [-0.15, -0.1) is 0 Å². The quantitative estimate of drug-likeness (QED) is 0.907. The van der Waals surface area contributed by atoms with Gasteiger partial charge in [0.15, 0.2) is 0 Å². The second kappa shape index (κ2) is 6.26. The number of urea groups is 1. The van der Waals surface area contributed by atoms with Crippen LogP contribution in [0.2, 0.25) is 0 Å². The van der Waals surface area contributed by atoms with Crippen LogP contribution in [-0.4, -0.2) is 18.1 Å². The molecule has 5 heteroatoms. The van der Waals surface area contributed by atoms with E-state index in [2.05, 4.69) is 15.6 Å². The minimum absolute atomic E-state index is 0.297. The number of carbonyl (C=O) groups excluding carboxylic acids is 1. The van der Waals surface area contributed by atoms with E-state index in [1.807, 2.05) is 44.2 Å². The Hall–Kier alpha value is -2.56. The topological polar surface area (TPSA) is 63.2 Å². The number of nitrogens with zero attached hydrogens (tertiary/aromatic N) is 1. The number of nitrogens with one attached hydrogen (secondary N) is 2. The van der Waals surface area contributed by atoms with Gasteiger partial charge in [0.1, 0.15) is 11.6 Å². The highest BCUT2D eigenvalue weighted by Gasteiger charge is 2.23. The molecule has 1 heterocycles. The lowest BCUT2D eigenvalue weighted by Gasteiger charge is -2.27. The normalized spacial score (nSPS) is 10.8. The lowest BCUT2D eigenvalue weighted by Crippen LogP contribution is -2.43. The summed E-state index contributed by atoms with van der Waals surface area (Å²) in [6.45, 7) is 3.87. The molecule has 2 amide bonds. The Morgan fingerprint density at radius 2 is 1.86 bits per heavy atom. The third-order valence-corrected chi connectivity index (χ3v) is 3.14. The summed E-state index contributed by atoms with van der Waals surface area (Å²) >= 11 is 0. The molecule has 0 unspecified atom stereocenters. The molecule has 0 aliphatic rings. The van der Waals surface area contributed by atoms with Crippen LogP contribution in [0.1, 0.15) is 19.4 Å². The third-order valence-electron chi connectivity index (χ3n) is 3.14. The third kappa shape index (κ3) is 3.95. The fourth-order valence-electron chi connectivity index (χ4n) is 1.95. The number of hydrogen-bond donors (Lipinski definition) is 2. The van der Waals surface area contributed by atoms with Gasteiger partial charge in [0.05, 0.1) is 12.6 Å². The summed E-state index contributed by atoms with van der Waals surface area (Å²) in [5, 5.41) is 5.63. The molecule has 2 rings (SSSR count). The number of pyridine rings is 1. The Morgan fingerprint density at radius 1 is 1.14 bits per heavy atom. The number of anilines is 1. The zero-order chi connectivity index (χ0) is 15.3. The molecule has 0 aliphatic heterocycles. The number of methoxy groups -OCH3 is 1. The summed E-state index contributed by atoms with van der Waals surface area (Å²) in [6.07, 6.45) is 1.63. The second-order valence-electron chi connectivity index (χ2n) is 5.15. The number of aromatic nitrogens is 1. The molecule has 2 N–H and O–H groups in total. The maximum Gasteiger partial charge on any atom is 0.321 e. The van der Waals surface area contributed by atoms with Gasteiger partial charge in [0.2, 0.25) is 0 Å². The van der Waals surface area contributed by atoms with Gasteiger partial charge in [-0.05, 0) is 43.7 Å². The molecule has 1 aromatic carbocycles. The highest BCUT2D eigenvalue weighted by atomic mass is 16.5.